The summed E-state index contributed by atoms with van der Waals surface area (Å²) in [7, 11) is 0. The van der Waals surface area contributed by atoms with Gasteiger partial charge in [0, 0.05) is 38.9 Å². The topological polar surface area (TPSA) is 61.4 Å². The van der Waals surface area contributed by atoms with Crippen molar-refractivity contribution in [1.82, 2.24) is 14.9 Å². The lowest BCUT2D eigenvalue weighted by Crippen LogP contribution is -2.46. The van der Waals surface area contributed by atoms with Crippen molar-refractivity contribution in [3.63, 3.8) is 0 Å². The number of aromatic nitrogens is 2. The van der Waals surface area contributed by atoms with E-state index in [1.165, 1.54) is 23.8 Å². The van der Waals surface area contributed by atoms with E-state index >= 15 is 0 Å². The Morgan fingerprint density at radius 1 is 0.966 bits per heavy atom. The third-order valence-corrected chi connectivity index (χ3v) is 4.90. The molecular weight excluding hydrogens is 369 g/mol. The second-order valence-corrected chi connectivity index (χ2v) is 6.92. The first-order valence-electron chi connectivity index (χ1n) is 9.59. The van der Waals surface area contributed by atoms with E-state index in [4.69, 9.17) is 0 Å². The van der Waals surface area contributed by atoms with Crippen molar-refractivity contribution in [2.75, 3.05) is 36.4 Å². The molecule has 0 radical (unpaired) electrons. The summed E-state index contributed by atoms with van der Waals surface area (Å²) in [5.74, 6) is -0.420. The Morgan fingerprint density at radius 2 is 1.69 bits per heavy atom. The molecule has 0 spiro atoms. The number of hydrogen-bond acceptors (Lipinski definition) is 5. The molecule has 2 heterocycles. The van der Waals surface area contributed by atoms with Crippen molar-refractivity contribution in [3.05, 3.63) is 83.9 Å². The molecular formula is C22H22FN5O. The Morgan fingerprint density at radius 3 is 2.45 bits per heavy atom. The third kappa shape index (κ3) is 4.75. The average Bonchev–Trinajstić information content (AvgIpc) is 2.77. The number of piperazine rings is 1. The second kappa shape index (κ2) is 8.79. The molecule has 148 valence electrons. The van der Waals surface area contributed by atoms with E-state index in [0.29, 0.717) is 5.95 Å². The number of amides is 1. The van der Waals surface area contributed by atoms with E-state index in [9.17, 15) is 9.18 Å². The predicted molar refractivity (Wildman–Crippen MR) is 110 cm³/mol. The molecule has 0 atom stereocenters. The van der Waals surface area contributed by atoms with Gasteiger partial charge in [0.25, 0.3) is 5.91 Å². The fourth-order valence-electron chi connectivity index (χ4n) is 3.32. The lowest BCUT2D eigenvalue weighted by molar-refractivity contribution is 0.102. The molecule has 1 aromatic heterocycles. The molecule has 6 nitrogen and oxygen atoms in total. The van der Waals surface area contributed by atoms with Gasteiger partial charge in [-0.25, -0.2) is 14.4 Å². The smallest absolute Gasteiger partial charge is 0.274 e. The van der Waals surface area contributed by atoms with E-state index in [2.05, 4.69) is 49.4 Å². The van der Waals surface area contributed by atoms with Gasteiger partial charge in [-0.3, -0.25) is 9.69 Å². The van der Waals surface area contributed by atoms with Crippen molar-refractivity contribution < 1.29 is 9.18 Å². The zero-order valence-electron chi connectivity index (χ0n) is 16.0. The van der Waals surface area contributed by atoms with Crippen LogP contribution in [0.25, 0.3) is 0 Å². The van der Waals surface area contributed by atoms with Gasteiger partial charge in [-0.1, -0.05) is 42.5 Å². The summed E-state index contributed by atoms with van der Waals surface area (Å²) >= 11 is 0. The van der Waals surface area contributed by atoms with Gasteiger partial charge < -0.3 is 10.2 Å². The summed E-state index contributed by atoms with van der Waals surface area (Å²) in [6, 6.07) is 18.0. The van der Waals surface area contributed by atoms with Gasteiger partial charge in [-0.2, -0.15) is 0 Å². The Labute approximate surface area is 169 Å². The van der Waals surface area contributed by atoms with Crippen LogP contribution in [0.2, 0.25) is 0 Å². The number of benzene rings is 2. The van der Waals surface area contributed by atoms with Crippen molar-refractivity contribution in [3.8, 4) is 0 Å². The number of rotatable bonds is 5. The number of carbonyl (C=O) groups excluding carboxylic acids is 1. The number of anilines is 2. The average molecular weight is 391 g/mol. The van der Waals surface area contributed by atoms with Crippen LogP contribution in [0, 0.1) is 5.82 Å². The SMILES string of the molecule is O=C(Nc1ccccc1F)c1ccnc(N2CCN(Cc3ccccc3)CC2)n1. The maximum atomic E-state index is 13.8. The Balaban J connectivity index is 1.38. The summed E-state index contributed by atoms with van der Waals surface area (Å²) < 4.78 is 13.8. The van der Waals surface area contributed by atoms with Crippen molar-refractivity contribution in [2.24, 2.45) is 0 Å². The molecule has 1 fully saturated rings. The molecule has 0 aliphatic carbocycles. The van der Waals surface area contributed by atoms with Crippen LogP contribution >= 0.6 is 0 Å². The molecule has 1 aliphatic rings. The highest BCUT2D eigenvalue weighted by atomic mass is 19.1. The van der Waals surface area contributed by atoms with E-state index in [-0.39, 0.29) is 11.4 Å². The Bertz CT molecular complexity index is 974. The summed E-state index contributed by atoms with van der Waals surface area (Å²) in [6.07, 6.45) is 1.56. The molecule has 4 rings (SSSR count). The van der Waals surface area contributed by atoms with Gasteiger partial charge in [0.1, 0.15) is 11.5 Å². The van der Waals surface area contributed by atoms with Crippen LogP contribution in [-0.2, 0) is 6.54 Å². The first-order valence-corrected chi connectivity index (χ1v) is 9.59. The Hall–Kier alpha value is -3.32. The van der Waals surface area contributed by atoms with Crippen LogP contribution in [0.3, 0.4) is 0 Å². The fraction of sp³-hybridized carbons (Fsp3) is 0.227. The number of carbonyl (C=O) groups is 1. The monoisotopic (exact) mass is 391 g/mol. The number of halogens is 1. The molecule has 1 aliphatic heterocycles. The van der Waals surface area contributed by atoms with Gasteiger partial charge in [0.05, 0.1) is 5.69 Å². The highest BCUT2D eigenvalue weighted by molar-refractivity contribution is 6.03. The molecule has 2 aromatic carbocycles. The zero-order chi connectivity index (χ0) is 20.1. The van der Waals surface area contributed by atoms with E-state index in [1.807, 2.05) is 6.07 Å². The molecule has 0 saturated carbocycles. The number of nitrogens with zero attached hydrogens (tertiary/aromatic N) is 4. The first kappa shape index (κ1) is 19.0. The molecule has 7 heteroatoms. The van der Waals surface area contributed by atoms with Crippen LogP contribution in [0.4, 0.5) is 16.0 Å². The summed E-state index contributed by atoms with van der Waals surface area (Å²) in [6.45, 7) is 4.27. The summed E-state index contributed by atoms with van der Waals surface area (Å²) in [5.41, 5.74) is 1.64. The number of nitrogens with one attached hydrogen (secondary N) is 1. The maximum Gasteiger partial charge on any atom is 0.274 e. The summed E-state index contributed by atoms with van der Waals surface area (Å²) in [4.78, 5) is 25.6. The lowest BCUT2D eigenvalue weighted by atomic mass is 10.2. The van der Waals surface area contributed by atoms with E-state index in [0.717, 1.165) is 32.7 Å². The van der Waals surface area contributed by atoms with Crippen molar-refractivity contribution in [2.45, 2.75) is 6.54 Å². The lowest BCUT2D eigenvalue weighted by Gasteiger charge is -2.34. The minimum absolute atomic E-state index is 0.132. The Kier molecular flexibility index (Phi) is 5.76. The van der Waals surface area contributed by atoms with Gasteiger partial charge in [-0.15, -0.1) is 0 Å². The van der Waals surface area contributed by atoms with Gasteiger partial charge in [-0.05, 0) is 23.8 Å². The second-order valence-electron chi connectivity index (χ2n) is 6.92. The normalized spacial score (nSPS) is 14.6. The van der Waals surface area contributed by atoms with Crippen molar-refractivity contribution in [1.29, 1.82) is 0 Å². The van der Waals surface area contributed by atoms with Crippen molar-refractivity contribution >= 4 is 17.5 Å². The summed E-state index contributed by atoms with van der Waals surface area (Å²) in [5, 5.41) is 2.56. The minimum Gasteiger partial charge on any atom is -0.338 e. The van der Waals surface area contributed by atoms with E-state index < -0.39 is 11.7 Å². The van der Waals surface area contributed by atoms with Crippen LogP contribution in [0.15, 0.2) is 66.9 Å². The van der Waals surface area contributed by atoms with Crippen LogP contribution in [-0.4, -0.2) is 47.0 Å². The molecule has 1 amide bonds. The molecule has 29 heavy (non-hydrogen) atoms. The fourth-order valence-corrected chi connectivity index (χ4v) is 3.32. The van der Waals surface area contributed by atoms with Gasteiger partial charge >= 0.3 is 0 Å². The standard InChI is InChI=1S/C22H22FN5O/c23-18-8-4-5-9-19(18)25-21(29)20-10-11-24-22(26-20)28-14-12-27(13-15-28)16-17-6-2-1-3-7-17/h1-11H,12-16H2,(H,25,29). The molecule has 0 unspecified atom stereocenters. The minimum atomic E-state index is -0.482. The van der Waals surface area contributed by atoms with E-state index in [1.54, 1.807) is 18.3 Å². The maximum absolute atomic E-state index is 13.8. The first-order chi connectivity index (χ1) is 14.2. The highest BCUT2D eigenvalue weighted by Gasteiger charge is 2.20. The third-order valence-electron chi connectivity index (χ3n) is 4.90. The van der Waals surface area contributed by atoms with Gasteiger partial charge in [0.2, 0.25) is 5.95 Å². The largest absolute Gasteiger partial charge is 0.338 e. The molecule has 3 aromatic rings. The van der Waals surface area contributed by atoms with Gasteiger partial charge in [0.15, 0.2) is 0 Å². The number of para-hydroxylation sites is 1. The number of hydrogen-bond donors (Lipinski definition) is 1. The van der Waals surface area contributed by atoms with Crippen LogP contribution in [0.5, 0.6) is 0 Å². The predicted octanol–water partition coefficient (Wildman–Crippen LogP) is 3.19. The molecule has 1 N–H and O–H groups in total. The molecule has 1 saturated heterocycles. The van der Waals surface area contributed by atoms with Crippen LogP contribution in [0.1, 0.15) is 16.1 Å². The van der Waals surface area contributed by atoms with Crippen LogP contribution < -0.4 is 10.2 Å². The quantitative estimate of drug-likeness (QED) is 0.724. The molecule has 0 bridgehead atoms. The zero-order valence-corrected chi connectivity index (χ0v) is 16.0. The highest BCUT2D eigenvalue weighted by Crippen LogP contribution is 2.16.